The van der Waals surface area contributed by atoms with E-state index in [-0.39, 0.29) is 48.6 Å². The van der Waals surface area contributed by atoms with Crippen LogP contribution in [0.5, 0.6) is 5.75 Å². The van der Waals surface area contributed by atoms with Gasteiger partial charge in [-0.25, -0.2) is 4.39 Å². The number of hydrogen-bond acceptors (Lipinski definition) is 6. The van der Waals surface area contributed by atoms with Crippen LogP contribution in [0.1, 0.15) is 63.7 Å². The molecule has 0 spiro atoms. The number of nitrogens with zero attached hydrogens (tertiary/aromatic N) is 4. The number of Topliss-reactive ketones (excluding diaryl/α,β-unsaturated/α-hetero) is 1. The standard InChI is InChI=1S/C27H25ClF4N4O5/c1-41-22-12-33-11-20(28)23(22)21(37)14-35(13-15-2-6-17(29)7-3-15)25(38)19-10-34-36(24(19)27(30,31)32)18-8-4-16(5-9-18)26(39)40/h2-3,6-7,10-12,16,18H,4-5,8-9,13-14H2,1H3,(H,39,40). The SMILES string of the molecule is COc1cncc(Cl)c1C(=O)CN(Cc1ccc(F)cc1)C(=O)c1cnn(C2CCC(C(=O)O)CC2)c1C(F)(F)F. The lowest BCUT2D eigenvalue weighted by molar-refractivity contribution is -0.147. The largest absolute Gasteiger partial charge is 0.494 e. The monoisotopic (exact) mass is 596 g/mol. The van der Waals surface area contributed by atoms with Gasteiger partial charge in [-0.2, -0.15) is 18.3 Å². The molecule has 9 nitrogen and oxygen atoms in total. The molecule has 0 atom stereocenters. The number of carbonyl (C=O) groups is 3. The van der Waals surface area contributed by atoms with Gasteiger partial charge in [0.05, 0.1) is 54.2 Å². The van der Waals surface area contributed by atoms with Crippen LogP contribution in [0, 0.1) is 11.7 Å². The van der Waals surface area contributed by atoms with E-state index in [1.54, 1.807) is 0 Å². The summed E-state index contributed by atoms with van der Waals surface area (Å²) in [5.74, 6) is -4.08. The third-order valence-corrected chi connectivity index (χ3v) is 7.24. The predicted molar refractivity (Wildman–Crippen MR) is 137 cm³/mol. The van der Waals surface area contributed by atoms with Gasteiger partial charge in [0.15, 0.2) is 11.5 Å². The predicted octanol–water partition coefficient (Wildman–Crippen LogP) is 5.44. The van der Waals surface area contributed by atoms with E-state index < -0.39 is 59.4 Å². The Hall–Kier alpha value is -4.00. The second-order valence-corrected chi connectivity index (χ2v) is 10.0. The van der Waals surface area contributed by atoms with Crippen molar-refractivity contribution in [2.24, 2.45) is 5.92 Å². The first-order chi connectivity index (χ1) is 19.4. The van der Waals surface area contributed by atoms with E-state index in [1.165, 1.54) is 31.6 Å². The van der Waals surface area contributed by atoms with Crippen molar-refractivity contribution >= 4 is 29.3 Å². The lowest BCUT2D eigenvalue weighted by atomic mass is 9.86. The van der Waals surface area contributed by atoms with Crippen molar-refractivity contribution < 1.29 is 41.8 Å². The second kappa shape index (κ2) is 12.2. The first-order valence-corrected chi connectivity index (χ1v) is 12.9. The van der Waals surface area contributed by atoms with Crippen molar-refractivity contribution in [1.82, 2.24) is 19.7 Å². The summed E-state index contributed by atoms with van der Waals surface area (Å²) in [4.78, 5) is 43.1. The van der Waals surface area contributed by atoms with Crippen molar-refractivity contribution in [2.45, 2.75) is 44.4 Å². The summed E-state index contributed by atoms with van der Waals surface area (Å²) in [6.45, 7) is -1.02. The zero-order valence-corrected chi connectivity index (χ0v) is 22.5. The summed E-state index contributed by atoms with van der Waals surface area (Å²) >= 11 is 6.16. The van der Waals surface area contributed by atoms with Crippen molar-refractivity contribution in [1.29, 1.82) is 0 Å². The van der Waals surface area contributed by atoms with E-state index in [2.05, 4.69) is 10.1 Å². The van der Waals surface area contributed by atoms with Gasteiger partial charge < -0.3 is 14.7 Å². The van der Waals surface area contributed by atoms with Crippen LogP contribution in [0.25, 0.3) is 0 Å². The van der Waals surface area contributed by atoms with Gasteiger partial charge in [0.25, 0.3) is 5.91 Å². The summed E-state index contributed by atoms with van der Waals surface area (Å²) in [5.41, 5.74) is -1.82. The number of amides is 1. The van der Waals surface area contributed by atoms with Gasteiger partial charge in [0.2, 0.25) is 0 Å². The van der Waals surface area contributed by atoms with Crippen LogP contribution in [0.15, 0.2) is 42.9 Å². The van der Waals surface area contributed by atoms with Gasteiger partial charge in [-0.3, -0.25) is 24.0 Å². The first-order valence-electron chi connectivity index (χ1n) is 12.5. The maximum atomic E-state index is 14.4. The van der Waals surface area contributed by atoms with Crippen molar-refractivity contribution in [3.8, 4) is 5.75 Å². The van der Waals surface area contributed by atoms with Gasteiger partial charge in [-0.1, -0.05) is 23.7 Å². The molecule has 2 aromatic heterocycles. The highest BCUT2D eigenvalue weighted by Crippen LogP contribution is 2.39. The van der Waals surface area contributed by atoms with Crippen LogP contribution in [0.4, 0.5) is 17.6 Å². The number of hydrogen-bond donors (Lipinski definition) is 1. The molecule has 3 aromatic rings. The fourth-order valence-electron chi connectivity index (χ4n) is 4.92. The number of carbonyl (C=O) groups excluding carboxylic acids is 2. The van der Waals surface area contributed by atoms with Gasteiger partial charge in [0.1, 0.15) is 11.6 Å². The number of ether oxygens (including phenoxy) is 1. The summed E-state index contributed by atoms with van der Waals surface area (Å²) < 4.78 is 62.6. The Morgan fingerprint density at radius 1 is 1.10 bits per heavy atom. The van der Waals surface area contributed by atoms with Crippen molar-refractivity contribution in [3.05, 3.63) is 76.1 Å². The second-order valence-electron chi connectivity index (χ2n) is 9.60. The molecular weight excluding hydrogens is 572 g/mol. The van der Waals surface area contributed by atoms with Gasteiger partial charge >= 0.3 is 12.1 Å². The summed E-state index contributed by atoms with van der Waals surface area (Å²) in [6.07, 6.45) is -1.17. The third kappa shape index (κ3) is 6.67. The van der Waals surface area contributed by atoms with Crippen LogP contribution in [-0.4, -0.2) is 56.1 Å². The van der Waals surface area contributed by atoms with Gasteiger partial charge in [0, 0.05) is 12.7 Å². The average Bonchev–Trinajstić information content (AvgIpc) is 3.39. The van der Waals surface area contributed by atoms with Crippen molar-refractivity contribution in [2.75, 3.05) is 13.7 Å². The number of rotatable bonds is 9. The van der Waals surface area contributed by atoms with Gasteiger partial charge in [-0.05, 0) is 43.4 Å². The number of carboxylic acid groups (broad SMARTS) is 1. The van der Waals surface area contributed by atoms with E-state index in [9.17, 15) is 37.1 Å². The molecule has 1 N–H and O–H groups in total. The van der Waals surface area contributed by atoms with Gasteiger partial charge in [-0.15, -0.1) is 0 Å². The smallest absolute Gasteiger partial charge is 0.433 e. The highest BCUT2D eigenvalue weighted by molar-refractivity contribution is 6.34. The molecule has 0 aliphatic heterocycles. The maximum absolute atomic E-state index is 14.4. The first kappa shape index (κ1) is 30.0. The minimum Gasteiger partial charge on any atom is -0.494 e. The maximum Gasteiger partial charge on any atom is 0.433 e. The number of alkyl halides is 3. The normalized spacial score (nSPS) is 17.2. The average molecular weight is 597 g/mol. The zero-order chi connectivity index (χ0) is 29.9. The fraction of sp³-hybridized carbons (Fsp3) is 0.370. The number of ketones is 1. The molecule has 1 aromatic carbocycles. The minimum absolute atomic E-state index is 0.0115. The number of carboxylic acids is 1. The Labute approximate surface area is 236 Å². The lowest BCUT2D eigenvalue weighted by Gasteiger charge is -2.28. The highest BCUT2D eigenvalue weighted by Gasteiger charge is 2.43. The molecule has 218 valence electrons. The molecule has 1 fully saturated rings. The molecule has 4 rings (SSSR count). The lowest BCUT2D eigenvalue weighted by Crippen LogP contribution is -2.37. The molecule has 14 heteroatoms. The van der Waals surface area contributed by atoms with Crippen LogP contribution in [-0.2, 0) is 17.5 Å². The molecule has 1 aliphatic carbocycles. The number of aromatic nitrogens is 3. The Balaban J connectivity index is 1.71. The Morgan fingerprint density at radius 2 is 1.76 bits per heavy atom. The summed E-state index contributed by atoms with van der Waals surface area (Å²) in [7, 11) is 1.28. The zero-order valence-electron chi connectivity index (χ0n) is 21.7. The fourth-order valence-corrected chi connectivity index (χ4v) is 5.18. The highest BCUT2D eigenvalue weighted by atomic mass is 35.5. The summed E-state index contributed by atoms with van der Waals surface area (Å²) in [6, 6.07) is 4.16. The van der Waals surface area contributed by atoms with Crippen LogP contribution >= 0.6 is 11.6 Å². The number of benzene rings is 1. The summed E-state index contributed by atoms with van der Waals surface area (Å²) in [5, 5.41) is 13.1. The molecule has 1 amide bonds. The van der Waals surface area contributed by atoms with E-state index in [0.29, 0.717) is 5.56 Å². The minimum atomic E-state index is -4.99. The van der Waals surface area contributed by atoms with E-state index in [4.69, 9.17) is 16.3 Å². The number of halogens is 5. The Kier molecular flexibility index (Phi) is 8.95. The molecular formula is C27H25ClF4N4O5. The number of pyridine rings is 1. The van der Waals surface area contributed by atoms with Crippen LogP contribution in [0.3, 0.4) is 0 Å². The number of methoxy groups -OCH3 is 1. The van der Waals surface area contributed by atoms with Crippen LogP contribution in [0.2, 0.25) is 5.02 Å². The van der Waals surface area contributed by atoms with E-state index in [1.807, 2.05) is 0 Å². The third-order valence-electron chi connectivity index (χ3n) is 6.96. The number of aliphatic carboxylic acids is 1. The molecule has 0 radical (unpaired) electrons. The quantitative estimate of drug-likeness (QED) is 0.258. The topological polar surface area (TPSA) is 115 Å². The molecule has 1 saturated carbocycles. The molecule has 2 heterocycles. The molecule has 41 heavy (non-hydrogen) atoms. The molecule has 0 saturated heterocycles. The molecule has 0 unspecified atom stereocenters. The van der Waals surface area contributed by atoms with Crippen LogP contribution < -0.4 is 4.74 Å². The molecule has 0 bridgehead atoms. The Morgan fingerprint density at radius 3 is 2.34 bits per heavy atom. The van der Waals surface area contributed by atoms with E-state index >= 15 is 0 Å². The van der Waals surface area contributed by atoms with E-state index in [0.717, 1.165) is 27.9 Å². The Bertz CT molecular complexity index is 1440. The molecule has 1 aliphatic rings. The van der Waals surface area contributed by atoms with Crippen molar-refractivity contribution in [3.63, 3.8) is 0 Å².